The van der Waals surface area contributed by atoms with Gasteiger partial charge < -0.3 is 0 Å². The van der Waals surface area contributed by atoms with E-state index >= 15 is 0 Å². The molecule has 1 heterocycles. The van der Waals surface area contributed by atoms with Crippen molar-refractivity contribution in [3.8, 4) is 0 Å². The van der Waals surface area contributed by atoms with Gasteiger partial charge in [0.1, 0.15) is 5.82 Å². The summed E-state index contributed by atoms with van der Waals surface area (Å²) in [6.07, 6.45) is 4.83. The van der Waals surface area contributed by atoms with Crippen LogP contribution in [0.1, 0.15) is 30.3 Å². The van der Waals surface area contributed by atoms with Crippen molar-refractivity contribution in [2.45, 2.75) is 25.2 Å². The summed E-state index contributed by atoms with van der Waals surface area (Å²) in [5.41, 5.74) is 9.11. The van der Waals surface area contributed by atoms with Crippen LogP contribution in [-0.4, -0.2) is 16.5 Å². The van der Waals surface area contributed by atoms with Crippen molar-refractivity contribution < 1.29 is 0 Å². The van der Waals surface area contributed by atoms with E-state index in [2.05, 4.69) is 35.9 Å². The van der Waals surface area contributed by atoms with Crippen LogP contribution >= 0.6 is 15.9 Å². The van der Waals surface area contributed by atoms with Crippen LogP contribution in [0.2, 0.25) is 0 Å². The summed E-state index contributed by atoms with van der Waals surface area (Å²) in [6, 6.07) is 0. The van der Waals surface area contributed by atoms with Crippen LogP contribution in [0.5, 0.6) is 0 Å². The number of aromatic nitrogens is 2. The van der Waals surface area contributed by atoms with Gasteiger partial charge in [0.15, 0.2) is 0 Å². The molecule has 1 aliphatic rings. The Morgan fingerprint density at radius 3 is 3.07 bits per heavy atom. The van der Waals surface area contributed by atoms with Gasteiger partial charge in [0, 0.05) is 23.6 Å². The van der Waals surface area contributed by atoms with Crippen LogP contribution in [0.15, 0.2) is 15.8 Å². The highest BCUT2D eigenvalue weighted by atomic mass is 79.9. The van der Waals surface area contributed by atoms with Crippen LogP contribution in [0.4, 0.5) is 0 Å². The van der Waals surface area contributed by atoms with Crippen LogP contribution in [0, 0.1) is 0 Å². The van der Waals surface area contributed by atoms with Crippen molar-refractivity contribution in [1.29, 1.82) is 0 Å². The number of halogens is 1. The summed E-state index contributed by atoms with van der Waals surface area (Å²) in [5, 5.41) is 3.50. The number of nitrogens with zero attached hydrogens (tertiary/aromatic N) is 5. The molecule has 1 aromatic heterocycles. The van der Waals surface area contributed by atoms with E-state index in [4.69, 9.17) is 5.53 Å². The monoisotopic (exact) mass is 267 g/mol. The summed E-state index contributed by atoms with van der Waals surface area (Å²) in [4.78, 5) is 11.4. The molecule has 6 heteroatoms. The van der Waals surface area contributed by atoms with Crippen molar-refractivity contribution in [3.63, 3.8) is 0 Å². The second-order valence-electron chi connectivity index (χ2n) is 3.50. The minimum absolute atomic E-state index is 0.441. The van der Waals surface area contributed by atoms with E-state index in [-0.39, 0.29) is 0 Å². The van der Waals surface area contributed by atoms with Crippen LogP contribution in [0.3, 0.4) is 0 Å². The second kappa shape index (κ2) is 4.59. The Labute approximate surface area is 95.7 Å². The lowest BCUT2D eigenvalue weighted by Gasteiger charge is -2.03. The van der Waals surface area contributed by atoms with Crippen molar-refractivity contribution in [2.24, 2.45) is 5.11 Å². The first-order valence-electron chi connectivity index (χ1n) is 4.83. The number of hydrogen-bond acceptors (Lipinski definition) is 3. The van der Waals surface area contributed by atoms with Crippen LogP contribution in [-0.2, 0) is 6.42 Å². The molecule has 0 bridgehead atoms. The Morgan fingerprint density at radius 2 is 2.40 bits per heavy atom. The first-order chi connectivity index (χ1) is 7.31. The molecule has 2 rings (SSSR count). The average molecular weight is 268 g/mol. The molecule has 5 nitrogen and oxygen atoms in total. The third-order valence-corrected chi connectivity index (χ3v) is 2.95. The van der Waals surface area contributed by atoms with E-state index in [9.17, 15) is 0 Å². The first-order valence-corrected chi connectivity index (χ1v) is 5.62. The standard InChI is InChI=1S/C9H10BrN5/c10-7-5-12-9(6-1-2-6)14-8(7)3-4-13-15-11/h5-6H,1-4H2. The lowest BCUT2D eigenvalue weighted by atomic mass is 10.3. The Bertz CT molecular complexity index is 409. The fraction of sp³-hybridized carbons (Fsp3) is 0.556. The number of hydrogen-bond donors (Lipinski definition) is 0. The predicted molar refractivity (Wildman–Crippen MR) is 59.4 cm³/mol. The largest absolute Gasteiger partial charge is 0.240 e. The molecule has 1 fully saturated rings. The molecule has 0 unspecified atom stereocenters. The molecule has 0 spiro atoms. The fourth-order valence-electron chi connectivity index (χ4n) is 1.33. The Morgan fingerprint density at radius 1 is 1.60 bits per heavy atom. The van der Waals surface area contributed by atoms with Crippen LogP contribution < -0.4 is 0 Å². The summed E-state index contributed by atoms with van der Waals surface area (Å²) in [7, 11) is 0. The summed E-state index contributed by atoms with van der Waals surface area (Å²) in [6.45, 7) is 0.441. The molecular formula is C9H10BrN5. The summed E-state index contributed by atoms with van der Waals surface area (Å²) < 4.78 is 0.889. The van der Waals surface area contributed by atoms with Gasteiger partial charge in [0.25, 0.3) is 0 Å². The molecule has 0 amide bonds. The quantitative estimate of drug-likeness (QED) is 0.478. The molecule has 15 heavy (non-hydrogen) atoms. The van der Waals surface area contributed by atoms with Gasteiger partial charge in [0.2, 0.25) is 0 Å². The Hall–Kier alpha value is -1.13. The van der Waals surface area contributed by atoms with Crippen molar-refractivity contribution in [1.82, 2.24) is 9.97 Å². The summed E-state index contributed by atoms with van der Waals surface area (Å²) in [5.74, 6) is 1.48. The van der Waals surface area contributed by atoms with Gasteiger partial charge in [-0.25, -0.2) is 9.97 Å². The van der Waals surface area contributed by atoms with Gasteiger partial charge >= 0.3 is 0 Å². The lowest BCUT2D eigenvalue weighted by molar-refractivity contribution is 0.838. The average Bonchev–Trinajstić information content (AvgIpc) is 3.05. The molecule has 1 saturated carbocycles. The van der Waals surface area contributed by atoms with Crippen LogP contribution in [0.25, 0.3) is 10.4 Å². The SMILES string of the molecule is [N-]=[N+]=NCCc1nc(C2CC2)ncc1Br. The van der Waals surface area contributed by atoms with Gasteiger partial charge in [-0.3, -0.25) is 0 Å². The Balaban J connectivity index is 2.12. The highest BCUT2D eigenvalue weighted by Gasteiger charge is 2.26. The smallest absolute Gasteiger partial charge is 0.131 e. The topological polar surface area (TPSA) is 74.5 Å². The van der Waals surface area contributed by atoms with E-state index in [0.29, 0.717) is 18.9 Å². The molecular weight excluding hydrogens is 258 g/mol. The molecule has 0 saturated heterocycles. The van der Waals surface area contributed by atoms with Crippen molar-refractivity contribution in [2.75, 3.05) is 6.54 Å². The molecule has 1 aromatic rings. The van der Waals surface area contributed by atoms with Gasteiger partial charge in [-0.1, -0.05) is 5.11 Å². The van der Waals surface area contributed by atoms with Gasteiger partial charge in [-0.05, 0) is 40.7 Å². The highest BCUT2D eigenvalue weighted by Crippen LogP contribution is 2.38. The molecule has 1 aliphatic carbocycles. The lowest BCUT2D eigenvalue weighted by Crippen LogP contribution is -2.00. The zero-order valence-corrected chi connectivity index (χ0v) is 9.68. The Kier molecular flexibility index (Phi) is 3.18. The first kappa shape index (κ1) is 10.4. The second-order valence-corrected chi connectivity index (χ2v) is 4.36. The zero-order valence-electron chi connectivity index (χ0n) is 8.10. The van der Waals surface area contributed by atoms with E-state index in [1.54, 1.807) is 6.20 Å². The maximum Gasteiger partial charge on any atom is 0.131 e. The van der Waals surface area contributed by atoms with E-state index in [1.807, 2.05) is 0 Å². The molecule has 0 radical (unpaired) electrons. The highest BCUT2D eigenvalue weighted by molar-refractivity contribution is 9.10. The number of rotatable bonds is 4. The van der Waals surface area contributed by atoms with Crippen molar-refractivity contribution >= 4 is 15.9 Å². The van der Waals surface area contributed by atoms with Gasteiger partial charge in [-0.15, -0.1) is 0 Å². The van der Waals surface area contributed by atoms with E-state index < -0.39 is 0 Å². The molecule has 78 valence electrons. The minimum atomic E-state index is 0.441. The maximum atomic E-state index is 8.18. The molecule has 0 aliphatic heterocycles. The molecule has 0 N–H and O–H groups in total. The fourth-order valence-corrected chi connectivity index (χ4v) is 1.72. The van der Waals surface area contributed by atoms with Gasteiger partial charge in [0.05, 0.1) is 10.2 Å². The predicted octanol–water partition coefficient (Wildman–Crippen LogP) is 2.97. The van der Waals surface area contributed by atoms with E-state index in [0.717, 1.165) is 16.0 Å². The zero-order chi connectivity index (χ0) is 10.7. The third kappa shape index (κ3) is 2.67. The normalized spacial score (nSPS) is 14.7. The number of azide groups is 1. The molecule has 0 aromatic carbocycles. The summed E-state index contributed by atoms with van der Waals surface area (Å²) >= 11 is 3.39. The van der Waals surface area contributed by atoms with Crippen molar-refractivity contribution in [3.05, 3.63) is 32.6 Å². The third-order valence-electron chi connectivity index (χ3n) is 2.29. The minimum Gasteiger partial charge on any atom is -0.240 e. The van der Waals surface area contributed by atoms with Gasteiger partial charge in [-0.2, -0.15) is 0 Å². The maximum absolute atomic E-state index is 8.18. The molecule has 0 atom stereocenters. The van der Waals surface area contributed by atoms with E-state index in [1.165, 1.54) is 12.8 Å².